The lowest BCUT2D eigenvalue weighted by molar-refractivity contribution is -0.139. The van der Waals surface area contributed by atoms with E-state index in [1.807, 2.05) is 30.9 Å². The van der Waals surface area contributed by atoms with Crippen molar-refractivity contribution in [1.82, 2.24) is 10.2 Å². The van der Waals surface area contributed by atoms with Gasteiger partial charge in [0.2, 0.25) is 5.91 Å². The molecule has 4 nitrogen and oxygen atoms in total. The summed E-state index contributed by atoms with van der Waals surface area (Å²) in [5.74, 6) is 0.118. The van der Waals surface area contributed by atoms with Crippen LogP contribution in [0.5, 0.6) is 0 Å². The van der Waals surface area contributed by atoms with Gasteiger partial charge in [-0.1, -0.05) is 36.4 Å². The molecule has 0 bridgehead atoms. The number of morpholine rings is 1. The summed E-state index contributed by atoms with van der Waals surface area (Å²) in [5.41, 5.74) is 1.16. The number of amides is 1. The minimum Gasteiger partial charge on any atom is -0.375 e. The minimum absolute atomic E-state index is 0.0816. The maximum absolute atomic E-state index is 12.8. The maximum Gasteiger partial charge on any atom is 0.242 e. The molecule has 0 aromatic heterocycles. The van der Waals surface area contributed by atoms with Crippen LogP contribution in [0.15, 0.2) is 42.5 Å². The van der Waals surface area contributed by atoms with Crippen molar-refractivity contribution in [3.8, 4) is 0 Å². The molecule has 0 radical (unpaired) electrons. The van der Waals surface area contributed by atoms with Crippen LogP contribution in [0, 0.1) is 0 Å². The van der Waals surface area contributed by atoms with Gasteiger partial charge in [0.05, 0.1) is 12.7 Å². The van der Waals surface area contributed by atoms with Crippen LogP contribution in [0.4, 0.5) is 0 Å². The number of carbonyl (C=O) groups is 1. The average Bonchev–Trinajstić information content (AvgIpc) is 2.59. The zero-order valence-corrected chi connectivity index (χ0v) is 13.8. The molecule has 3 rings (SSSR count). The van der Waals surface area contributed by atoms with E-state index in [4.69, 9.17) is 4.74 Å². The highest BCUT2D eigenvalue weighted by Gasteiger charge is 2.31. The molecule has 2 aromatic carbocycles. The normalized spacial score (nSPS) is 21.3. The van der Waals surface area contributed by atoms with Gasteiger partial charge in [0.25, 0.3) is 0 Å². The fraction of sp³-hybridized carbons (Fsp3) is 0.421. The third kappa shape index (κ3) is 3.54. The number of fused-ring (bicyclic) bond motifs is 1. The standard InChI is InChI=1S/C19H24N2O2/c1-3-21(19(22)18-14(2)23-11-10-20-18)13-15-8-9-16-6-4-5-7-17(16)12-15/h4-9,12,14,18,20H,3,10-11,13H2,1-2H3/t14-,18+/m1/s1. The van der Waals surface area contributed by atoms with E-state index in [0.29, 0.717) is 19.7 Å². The van der Waals surface area contributed by atoms with Crippen molar-refractivity contribution in [2.45, 2.75) is 32.5 Å². The predicted octanol–water partition coefficient (Wildman–Crippen LogP) is 2.57. The smallest absolute Gasteiger partial charge is 0.242 e. The Morgan fingerprint density at radius 2 is 2.04 bits per heavy atom. The first-order valence-electron chi connectivity index (χ1n) is 8.30. The van der Waals surface area contributed by atoms with E-state index < -0.39 is 0 Å². The zero-order valence-electron chi connectivity index (χ0n) is 13.8. The molecule has 0 spiro atoms. The number of rotatable bonds is 4. The summed E-state index contributed by atoms with van der Waals surface area (Å²) < 4.78 is 5.60. The van der Waals surface area contributed by atoms with Crippen molar-refractivity contribution in [2.75, 3.05) is 19.7 Å². The molecule has 1 aliphatic rings. The number of carbonyl (C=O) groups excluding carboxylic acids is 1. The first kappa shape index (κ1) is 16.0. The van der Waals surface area contributed by atoms with Gasteiger partial charge in [-0.25, -0.2) is 0 Å². The van der Waals surface area contributed by atoms with Crippen LogP contribution < -0.4 is 5.32 Å². The van der Waals surface area contributed by atoms with Gasteiger partial charge in [0.15, 0.2) is 0 Å². The summed E-state index contributed by atoms with van der Waals surface area (Å²) >= 11 is 0. The molecule has 1 heterocycles. The van der Waals surface area contributed by atoms with Gasteiger partial charge in [-0.15, -0.1) is 0 Å². The van der Waals surface area contributed by atoms with Crippen LogP contribution >= 0.6 is 0 Å². The number of likely N-dealkylation sites (N-methyl/N-ethyl adjacent to an activating group) is 1. The minimum atomic E-state index is -0.246. The lowest BCUT2D eigenvalue weighted by Crippen LogP contribution is -2.56. The van der Waals surface area contributed by atoms with E-state index >= 15 is 0 Å². The second-order valence-corrected chi connectivity index (χ2v) is 6.04. The highest BCUT2D eigenvalue weighted by Crippen LogP contribution is 2.18. The first-order chi connectivity index (χ1) is 11.2. The summed E-state index contributed by atoms with van der Waals surface area (Å²) in [4.78, 5) is 14.7. The average molecular weight is 312 g/mol. The summed E-state index contributed by atoms with van der Waals surface area (Å²) in [6.07, 6.45) is -0.0816. The SMILES string of the molecule is CCN(Cc1ccc2ccccc2c1)C(=O)[C@H]1NCCO[C@@H]1C. The number of ether oxygens (including phenoxy) is 1. The second kappa shape index (κ2) is 7.11. The number of nitrogens with one attached hydrogen (secondary N) is 1. The Bertz CT molecular complexity index is 686. The van der Waals surface area contributed by atoms with Crippen molar-refractivity contribution >= 4 is 16.7 Å². The molecule has 2 atom stereocenters. The molecule has 122 valence electrons. The Morgan fingerprint density at radius 1 is 1.26 bits per heavy atom. The van der Waals surface area contributed by atoms with Gasteiger partial charge in [0.1, 0.15) is 6.04 Å². The predicted molar refractivity (Wildman–Crippen MR) is 92.2 cm³/mol. The summed E-state index contributed by atoms with van der Waals surface area (Å²) in [5, 5.41) is 5.72. The fourth-order valence-corrected chi connectivity index (χ4v) is 3.11. The highest BCUT2D eigenvalue weighted by atomic mass is 16.5. The molecule has 2 aromatic rings. The molecule has 23 heavy (non-hydrogen) atoms. The molecule has 1 N–H and O–H groups in total. The third-order valence-corrected chi connectivity index (χ3v) is 4.46. The molecule has 1 amide bonds. The van der Waals surface area contributed by atoms with E-state index in [2.05, 4.69) is 35.6 Å². The van der Waals surface area contributed by atoms with Crippen LogP contribution in [0.3, 0.4) is 0 Å². The lowest BCUT2D eigenvalue weighted by Gasteiger charge is -2.33. The Labute approximate surface area is 137 Å². The second-order valence-electron chi connectivity index (χ2n) is 6.04. The summed E-state index contributed by atoms with van der Waals surface area (Å²) in [6, 6.07) is 14.4. The van der Waals surface area contributed by atoms with Gasteiger partial charge in [0, 0.05) is 19.6 Å². The van der Waals surface area contributed by atoms with Gasteiger partial charge >= 0.3 is 0 Å². The van der Waals surface area contributed by atoms with Crippen molar-refractivity contribution in [1.29, 1.82) is 0 Å². The fourth-order valence-electron chi connectivity index (χ4n) is 3.11. The van der Waals surface area contributed by atoms with Crippen molar-refractivity contribution < 1.29 is 9.53 Å². The van der Waals surface area contributed by atoms with Crippen molar-refractivity contribution in [3.63, 3.8) is 0 Å². The highest BCUT2D eigenvalue weighted by molar-refractivity contribution is 5.84. The number of nitrogens with zero attached hydrogens (tertiary/aromatic N) is 1. The van der Waals surface area contributed by atoms with Gasteiger partial charge in [-0.2, -0.15) is 0 Å². The zero-order chi connectivity index (χ0) is 16.2. The van der Waals surface area contributed by atoms with Gasteiger partial charge < -0.3 is 15.0 Å². The van der Waals surface area contributed by atoms with Crippen LogP contribution in [-0.4, -0.2) is 42.6 Å². The van der Waals surface area contributed by atoms with Gasteiger partial charge in [-0.05, 0) is 36.2 Å². The Hall–Kier alpha value is -1.91. The lowest BCUT2D eigenvalue weighted by atomic mass is 10.1. The number of hydrogen-bond donors (Lipinski definition) is 1. The number of hydrogen-bond acceptors (Lipinski definition) is 3. The van der Waals surface area contributed by atoms with E-state index in [1.165, 1.54) is 10.8 Å². The molecule has 4 heteroatoms. The summed E-state index contributed by atoms with van der Waals surface area (Å²) in [6.45, 7) is 6.70. The largest absolute Gasteiger partial charge is 0.375 e. The van der Waals surface area contributed by atoms with Crippen LogP contribution in [0.25, 0.3) is 10.8 Å². The van der Waals surface area contributed by atoms with Crippen molar-refractivity contribution in [3.05, 3.63) is 48.0 Å². The quantitative estimate of drug-likeness (QED) is 0.943. The molecular weight excluding hydrogens is 288 g/mol. The Balaban J connectivity index is 1.76. The number of benzene rings is 2. The monoisotopic (exact) mass is 312 g/mol. The Kier molecular flexibility index (Phi) is 4.94. The van der Waals surface area contributed by atoms with E-state index in [0.717, 1.165) is 12.1 Å². The van der Waals surface area contributed by atoms with E-state index in [1.54, 1.807) is 0 Å². The van der Waals surface area contributed by atoms with E-state index in [-0.39, 0.29) is 18.1 Å². The molecular formula is C19H24N2O2. The van der Waals surface area contributed by atoms with Crippen LogP contribution in [-0.2, 0) is 16.1 Å². The van der Waals surface area contributed by atoms with Crippen LogP contribution in [0.1, 0.15) is 19.4 Å². The topological polar surface area (TPSA) is 41.6 Å². The van der Waals surface area contributed by atoms with Crippen molar-refractivity contribution in [2.24, 2.45) is 0 Å². The van der Waals surface area contributed by atoms with Gasteiger partial charge in [-0.3, -0.25) is 4.79 Å². The molecule has 1 aliphatic heterocycles. The Morgan fingerprint density at radius 3 is 2.78 bits per heavy atom. The molecule has 0 unspecified atom stereocenters. The molecule has 0 saturated carbocycles. The third-order valence-electron chi connectivity index (χ3n) is 4.46. The molecule has 1 fully saturated rings. The molecule has 0 aliphatic carbocycles. The molecule has 1 saturated heterocycles. The van der Waals surface area contributed by atoms with E-state index in [9.17, 15) is 4.79 Å². The maximum atomic E-state index is 12.8. The summed E-state index contributed by atoms with van der Waals surface area (Å²) in [7, 11) is 0. The van der Waals surface area contributed by atoms with Crippen LogP contribution in [0.2, 0.25) is 0 Å². The first-order valence-corrected chi connectivity index (χ1v) is 8.30.